The zero-order valence-electron chi connectivity index (χ0n) is 20.3. The Kier molecular flexibility index (Phi) is 8.55. The highest BCUT2D eigenvalue weighted by atomic mass is 32.2. The molecule has 0 fully saturated rings. The third kappa shape index (κ3) is 6.54. The van der Waals surface area contributed by atoms with Gasteiger partial charge in [-0.3, -0.25) is 0 Å². The highest BCUT2D eigenvalue weighted by molar-refractivity contribution is 7.99. The summed E-state index contributed by atoms with van der Waals surface area (Å²) in [5.41, 5.74) is 2.94. The van der Waals surface area contributed by atoms with Crippen LogP contribution in [-0.2, 0) is 12.7 Å². The topological polar surface area (TPSA) is 59.0 Å². The molecule has 5 nitrogen and oxygen atoms in total. The van der Waals surface area contributed by atoms with Crippen LogP contribution in [0.25, 0.3) is 22.5 Å². The summed E-state index contributed by atoms with van der Waals surface area (Å²) in [6, 6.07) is 24.4. The maximum absolute atomic E-state index is 13.1. The molecule has 0 radical (unpaired) electrons. The molecule has 0 aliphatic rings. The van der Waals surface area contributed by atoms with Crippen molar-refractivity contribution in [1.82, 2.24) is 14.9 Å². The number of urea groups is 1. The number of thioether (sulfide) groups is 1. The first-order valence-electron chi connectivity index (χ1n) is 11.9. The molecular formula is C28H27F3N4OS. The fourth-order valence-electron chi connectivity index (χ4n) is 3.97. The Morgan fingerprint density at radius 1 is 0.919 bits per heavy atom. The molecule has 2 N–H and O–H groups in total. The third-order valence-corrected chi connectivity index (χ3v) is 6.72. The van der Waals surface area contributed by atoms with Gasteiger partial charge in [0.15, 0.2) is 5.16 Å². The van der Waals surface area contributed by atoms with Crippen LogP contribution in [0.2, 0.25) is 0 Å². The molecule has 192 valence electrons. The number of alkyl halides is 3. The van der Waals surface area contributed by atoms with E-state index >= 15 is 0 Å². The molecule has 2 amide bonds. The second-order valence-corrected chi connectivity index (χ2v) is 9.26. The summed E-state index contributed by atoms with van der Waals surface area (Å²) in [6.45, 7) is 3.14. The van der Waals surface area contributed by atoms with Crippen molar-refractivity contribution in [3.63, 3.8) is 0 Å². The number of benzene rings is 3. The summed E-state index contributed by atoms with van der Waals surface area (Å²) < 4.78 is 41.6. The highest BCUT2D eigenvalue weighted by Crippen LogP contribution is 2.36. The molecule has 0 atom stereocenters. The SMILES string of the molecule is CCn1c(SCCCNC(=O)Nc2ccccc2C(F)(F)F)nc(-c2ccccc2)c1-c1ccccc1. The van der Waals surface area contributed by atoms with Gasteiger partial charge in [-0.1, -0.05) is 84.6 Å². The number of amides is 2. The summed E-state index contributed by atoms with van der Waals surface area (Å²) in [7, 11) is 0. The first-order chi connectivity index (χ1) is 17.9. The smallest absolute Gasteiger partial charge is 0.338 e. The Morgan fingerprint density at radius 2 is 1.54 bits per heavy atom. The molecule has 9 heteroatoms. The monoisotopic (exact) mass is 524 g/mol. The lowest BCUT2D eigenvalue weighted by atomic mass is 10.0. The van der Waals surface area contributed by atoms with E-state index in [4.69, 9.17) is 4.98 Å². The van der Waals surface area contributed by atoms with E-state index < -0.39 is 17.8 Å². The third-order valence-electron chi connectivity index (χ3n) is 5.66. The van der Waals surface area contributed by atoms with E-state index in [9.17, 15) is 18.0 Å². The molecule has 1 heterocycles. The number of halogens is 3. The first-order valence-corrected chi connectivity index (χ1v) is 12.9. The summed E-state index contributed by atoms with van der Waals surface area (Å²) in [6.07, 6.45) is -3.92. The number of anilines is 1. The van der Waals surface area contributed by atoms with Crippen LogP contribution in [0.4, 0.5) is 23.7 Å². The van der Waals surface area contributed by atoms with E-state index in [-0.39, 0.29) is 5.69 Å². The molecule has 0 aliphatic heterocycles. The van der Waals surface area contributed by atoms with Gasteiger partial charge < -0.3 is 15.2 Å². The molecule has 4 rings (SSSR count). The number of rotatable bonds is 9. The van der Waals surface area contributed by atoms with Gasteiger partial charge in [-0.15, -0.1) is 0 Å². The van der Waals surface area contributed by atoms with Gasteiger partial charge in [0.05, 0.1) is 22.6 Å². The van der Waals surface area contributed by atoms with Crippen LogP contribution in [0.1, 0.15) is 18.9 Å². The summed E-state index contributed by atoms with van der Waals surface area (Å²) in [4.78, 5) is 17.1. The highest BCUT2D eigenvalue weighted by Gasteiger charge is 2.33. The van der Waals surface area contributed by atoms with Crippen molar-refractivity contribution in [3.05, 3.63) is 90.5 Å². The minimum atomic E-state index is -4.54. The van der Waals surface area contributed by atoms with Gasteiger partial charge >= 0.3 is 12.2 Å². The van der Waals surface area contributed by atoms with Crippen LogP contribution in [0, 0.1) is 0 Å². The number of nitrogens with one attached hydrogen (secondary N) is 2. The lowest BCUT2D eigenvalue weighted by Crippen LogP contribution is -2.30. The first kappa shape index (κ1) is 26.3. The number of imidazole rings is 1. The molecule has 1 aromatic heterocycles. The van der Waals surface area contributed by atoms with Crippen molar-refractivity contribution < 1.29 is 18.0 Å². The Bertz CT molecular complexity index is 1320. The van der Waals surface area contributed by atoms with Crippen LogP contribution in [0.5, 0.6) is 0 Å². The summed E-state index contributed by atoms with van der Waals surface area (Å²) in [5, 5.41) is 5.81. The maximum Gasteiger partial charge on any atom is 0.418 e. The molecule has 0 spiro atoms. The maximum atomic E-state index is 13.1. The number of aromatic nitrogens is 2. The Labute approximate surface area is 218 Å². The van der Waals surface area contributed by atoms with Gasteiger partial charge in [-0.2, -0.15) is 13.2 Å². The molecule has 3 aromatic carbocycles. The van der Waals surface area contributed by atoms with Crippen LogP contribution in [0.3, 0.4) is 0 Å². The van der Waals surface area contributed by atoms with E-state index in [2.05, 4.69) is 34.3 Å². The van der Waals surface area contributed by atoms with Crippen molar-refractivity contribution in [2.75, 3.05) is 17.6 Å². The van der Waals surface area contributed by atoms with E-state index in [1.165, 1.54) is 18.2 Å². The molecule has 0 saturated carbocycles. The molecule has 0 aliphatic carbocycles. The predicted molar refractivity (Wildman–Crippen MR) is 143 cm³/mol. The number of hydrogen-bond acceptors (Lipinski definition) is 3. The van der Waals surface area contributed by atoms with Gasteiger partial charge in [-0.25, -0.2) is 9.78 Å². The normalized spacial score (nSPS) is 11.4. The van der Waals surface area contributed by atoms with Gasteiger partial charge in [0.1, 0.15) is 0 Å². The average molecular weight is 525 g/mol. The Morgan fingerprint density at radius 3 is 2.19 bits per heavy atom. The minimum absolute atomic E-state index is 0.270. The van der Waals surface area contributed by atoms with E-state index in [0.29, 0.717) is 18.7 Å². The number of carbonyl (C=O) groups is 1. The lowest BCUT2D eigenvalue weighted by Gasteiger charge is -2.14. The van der Waals surface area contributed by atoms with Crippen LogP contribution in [-0.4, -0.2) is 27.9 Å². The fourth-order valence-corrected chi connectivity index (χ4v) is 4.97. The number of nitrogens with zero attached hydrogens (tertiary/aromatic N) is 2. The second-order valence-electron chi connectivity index (χ2n) is 8.19. The van der Waals surface area contributed by atoms with Crippen molar-refractivity contribution >= 4 is 23.5 Å². The standard InChI is InChI=1S/C28H27F3N4OS/c1-2-35-25(21-14-7-4-8-15-21)24(20-12-5-3-6-13-20)34-27(35)37-19-11-18-32-26(36)33-23-17-10-9-16-22(23)28(29,30)31/h3-10,12-17H,2,11,18-19H2,1H3,(H2,32,33,36). The summed E-state index contributed by atoms with van der Waals surface area (Å²) >= 11 is 1.59. The molecule has 0 unspecified atom stereocenters. The van der Waals surface area contributed by atoms with Crippen molar-refractivity contribution in [3.8, 4) is 22.5 Å². The van der Waals surface area contributed by atoms with Crippen molar-refractivity contribution in [2.45, 2.75) is 31.2 Å². The van der Waals surface area contributed by atoms with Crippen molar-refractivity contribution in [2.24, 2.45) is 0 Å². The zero-order valence-corrected chi connectivity index (χ0v) is 21.1. The molecular weight excluding hydrogens is 497 g/mol. The number of para-hydroxylation sites is 1. The van der Waals surface area contributed by atoms with E-state index in [0.717, 1.165) is 40.3 Å². The Balaban J connectivity index is 1.40. The van der Waals surface area contributed by atoms with Gasteiger partial charge in [0.25, 0.3) is 0 Å². The number of hydrogen-bond donors (Lipinski definition) is 2. The summed E-state index contributed by atoms with van der Waals surface area (Å²) in [5.74, 6) is 0.679. The van der Waals surface area contributed by atoms with Crippen LogP contribution in [0.15, 0.2) is 90.1 Å². The van der Waals surface area contributed by atoms with Gasteiger partial charge in [0.2, 0.25) is 0 Å². The molecule has 37 heavy (non-hydrogen) atoms. The second kappa shape index (κ2) is 12.0. The van der Waals surface area contributed by atoms with E-state index in [1.807, 2.05) is 48.5 Å². The zero-order chi connectivity index (χ0) is 26.3. The van der Waals surface area contributed by atoms with Crippen LogP contribution < -0.4 is 10.6 Å². The number of carbonyl (C=O) groups excluding carboxylic acids is 1. The molecule has 0 bridgehead atoms. The van der Waals surface area contributed by atoms with Gasteiger partial charge in [-0.05, 0) is 25.5 Å². The predicted octanol–water partition coefficient (Wildman–Crippen LogP) is 7.56. The lowest BCUT2D eigenvalue weighted by molar-refractivity contribution is -0.136. The van der Waals surface area contributed by atoms with Crippen LogP contribution >= 0.6 is 11.8 Å². The minimum Gasteiger partial charge on any atom is -0.338 e. The van der Waals surface area contributed by atoms with Crippen molar-refractivity contribution in [1.29, 1.82) is 0 Å². The quantitative estimate of drug-likeness (QED) is 0.175. The van der Waals surface area contributed by atoms with Gasteiger partial charge in [0, 0.05) is 30.0 Å². The fraction of sp³-hybridized carbons (Fsp3) is 0.214. The largest absolute Gasteiger partial charge is 0.418 e. The molecule has 0 saturated heterocycles. The van der Waals surface area contributed by atoms with E-state index in [1.54, 1.807) is 11.8 Å². The Hall–Kier alpha value is -3.72. The average Bonchev–Trinajstić information content (AvgIpc) is 3.27. The molecule has 4 aromatic rings.